The average molecular weight is 381 g/mol. The summed E-state index contributed by atoms with van der Waals surface area (Å²) in [5, 5.41) is 0. The van der Waals surface area contributed by atoms with E-state index in [0.29, 0.717) is 5.57 Å². The smallest absolute Gasteiger partial charge is 0.435 e. The molecule has 0 fully saturated rings. The lowest BCUT2D eigenvalue weighted by Crippen LogP contribution is -2.67. The van der Waals surface area contributed by atoms with Gasteiger partial charge in [0.25, 0.3) is 0 Å². The van der Waals surface area contributed by atoms with Crippen molar-refractivity contribution in [3.63, 3.8) is 0 Å². The van der Waals surface area contributed by atoms with Gasteiger partial charge in [-0.1, -0.05) is 6.58 Å². The molecule has 130 valence electrons. The van der Waals surface area contributed by atoms with Crippen LogP contribution in [0.2, 0.25) is 58.9 Å². The highest BCUT2D eigenvalue weighted by molar-refractivity contribution is 7.35. The summed E-state index contributed by atoms with van der Waals surface area (Å²) < 4.78 is 23.6. The van der Waals surface area contributed by atoms with E-state index < -0.39 is 38.5 Å². The van der Waals surface area contributed by atoms with Crippen molar-refractivity contribution in [2.75, 3.05) is 0 Å². The fraction of sp³-hybridized carbons (Fsp3) is 0.769. The molecule has 0 heterocycles. The summed E-state index contributed by atoms with van der Waals surface area (Å²) in [6.45, 7) is 23.7. The van der Waals surface area contributed by atoms with Gasteiger partial charge in [0, 0.05) is 5.57 Å². The Morgan fingerprint density at radius 1 is 0.818 bits per heavy atom. The van der Waals surface area contributed by atoms with Crippen molar-refractivity contribution in [1.29, 1.82) is 0 Å². The van der Waals surface area contributed by atoms with Crippen LogP contribution in [0.3, 0.4) is 0 Å². The predicted octanol–water partition coefficient (Wildman–Crippen LogP) is 4.10. The van der Waals surface area contributed by atoms with Crippen molar-refractivity contribution in [2.24, 2.45) is 0 Å². The van der Waals surface area contributed by atoms with Crippen LogP contribution in [0.1, 0.15) is 6.92 Å². The summed E-state index contributed by atoms with van der Waals surface area (Å²) in [6, 6.07) is 0. The molecule has 0 aromatic rings. The summed E-state index contributed by atoms with van der Waals surface area (Å²) in [6.07, 6.45) is 0. The van der Waals surface area contributed by atoms with E-state index in [9.17, 15) is 4.79 Å². The molecule has 0 aliphatic carbocycles. The minimum Gasteiger partial charge on any atom is -0.490 e. The Bertz CT molecular complexity index is 425. The topological polar surface area (TPSA) is 54.0 Å². The minimum atomic E-state index is -2.97. The van der Waals surface area contributed by atoms with Gasteiger partial charge in [0.2, 0.25) is 16.2 Å². The van der Waals surface area contributed by atoms with Gasteiger partial charge < -0.3 is 8.54 Å². The third-order valence-electron chi connectivity index (χ3n) is 2.74. The molecule has 0 saturated heterocycles. The normalized spacial score (nSPS) is 16.1. The molecule has 0 radical (unpaired) electrons. The maximum absolute atomic E-state index is 12.1. The number of carbonyl (C=O) groups is 1. The highest BCUT2D eigenvalue weighted by atomic mass is 29.3. The zero-order valence-corrected chi connectivity index (χ0v) is 19.7. The fourth-order valence-electron chi connectivity index (χ4n) is 1.57. The van der Waals surface area contributed by atoms with Gasteiger partial charge in [-0.15, -0.1) is 0 Å². The number of hydrogen-bond acceptors (Lipinski definition) is 5. The minimum absolute atomic E-state index is 0.355. The van der Waals surface area contributed by atoms with E-state index in [-0.39, 0.29) is 0 Å². The molecule has 1 atom stereocenters. The van der Waals surface area contributed by atoms with Crippen molar-refractivity contribution in [1.82, 2.24) is 0 Å². The molecular weight excluding hydrogens is 348 g/mol. The van der Waals surface area contributed by atoms with Crippen molar-refractivity contribution < 1.29 is 22.5 Å². The molecule has 0 aliphatic heterocycles. The molecule has 0 aromatic heterocycles. The standard InChI is InChI=1S/C13H32O5Si4/c1-12(2)13(14)15-22(11,17-16-19(3,4)5)21(9,10)18-20(6,7)8/h1H2,2-11H3. The van der Waals surface area contributed by atoms with Crippen LogP contribution in [-0.2, 0) is 22.5 Å². The van der Waals surface area contributed by atoms with Crippen LogP contribution in [0.4, 0.5) is 0 Å². The molecule has 9 heteroatoms. The van der Waals surface area contributed by atoms with Crippen LogP contribution in [0.15, 0.2) is 12.2 Å². The summed E-state index contributed by atoms with van der Waals surface area (Å²) in [4.78, 5) is 12.1. The first kappa shape index (κ1) is 22.0. The number of hydrogen-bond donors (Lipinski definition) is 0. The fourth-order valence-corrected chi connectivity index (χ4v) is 17.5. The highest BCUT2D eigenvalue weighted by Crippen LogP contribution is 2.28. The van der Waals surface area contributed by atoms with Gasteiger partial charge in [-0.3, -0.25) is 4.58 Å². The highest BCUT2D eigenvalue weighted by Gasteiger charge is 2.58. The number of carbonyl (C=O) groups excluding carboxylic acids is 1. The lowest BCUT2D eigenvalue weighted by Gasteiger charge is -2.41. The van der Waals surface area contributed by atoms with Gasteiger partial charge >= 0.3 is 14.0 Å². The molecule has 0 amide bonds. The van der Waals surface area contributed by atoms with Crippen molar-refractivity contribution in [3.05, 3.63) is 12.2 Å². The van der Waals surface area contributed by atoms with Crippen molar-refractivity contribution in [3.8, 4) is 0 Å². The molecule has 0 N–H and O–H groups in total. The third kappa shape index (κ3) is 7.48. The Kier molecular flexibility index (Phi) is 7.23. The molecule has 22 heavy (non-hydrogen) atoms. The zero-order valence-electron chi connectivity index (χ0n) is 15.7. The molecule has 0 bridgehead atoms. The van der Waals surface area contributed by atoms with E-state index in [0.717, 1.165) is 0 Å². The summed E-state index contributed by atoms with van der Waals surface area (Å²) in [5.74, 6) is -0.437. The molecule has 0 saturated carbocycles. The van der Waals surface area contributed by atoms with Crippen LogP contribution >= 0.6 is 0 Å². The maximum atomic E-state index is 12.1. The van der Waals surface area contributed by atoms with E-state index in [1.807, 2.05) is 39.3 Å². The summed E-state index contributed by atoms with van der Waals surface area (Å²) in [7, 11) is -9.08. The van der Waals surface area contributed by atoms with Gasteiger partial charge in [-0.05, 0) is 65.8 Å². The lowest BCUT2D eigenvalue weighted by molar-refractivity contribution is -0.154. The quantitative estimate of drug-likeness (QED) is 0.275. The van der Waals surface area contributed by atoms with Crippen LogP contribution < -0.4 is 0 Å². The average Bonchev–Trinajstić information content (AvgIpc) is 2.21. The second-order valence-corrected chi connectivity index (χ2v) is 29.2. The van der Waals surface area contributed by atoms with E-state index in [4.69, 9.17) is 17.7 Å². The van der Waals surface area contributed by atoms with Gasteiger partial charge in [0.1, 0.15) is 0 Å². The van der Waals surface area contributed by atoms with Crippen LogP contribution in [0.25, 0.3) is 0 Å². The van der Waals surface area contributed by atoms with Gasteiger partial charge in [0.15, 0.2) is 8.32 Å². The maximum Gasteiger partial charge on any atom is 0.435 e. The first-order valence-corrected chi connectivity index (χ1v) is 20.5. The Morgan fingerprint density at radius 3 is 1.59 bits per heavy atom. The van der Waals surface area contributed by atoms with E-state index >= 15 is 0 Å². The lowest BCUT2D eigenvalue weighted by atomic mass is 10.4. The second kappa shape index (κ2) is 7.24. The molecule has 0 rings (SSSR count). The first-order chi connectivity index (χ1) is 9.49. The van der Waals surface area contributed by atoms with Gasteiger partial charge in [-0.2, -0.15) is 0 Å². The SMILES string of the molecule is C=C(C)C(=O)O[Si](C)(OO[Si](C)(C)C)[Si](C)(C)O[Si](C)(C)C. The monoisotopic (exact) mass is 380 g/mol. The van der Waals surface area contributed by atoms with Crippen molar-refractivity contribution >= 4 is 38.5 Å². The Balaban J connectivity index is 5.47. The van der Waals surface area contributed by atoms with Crippen LogP contribution in [0.5, 0.6) is 0 Å². The molecule has 0 aromatic carbocycles. The van der Waals surface area contributed by atoms with E-state index in [1.165, 1.54) is 0 Å². The largest absolute Gasteiger partial charge is 0.490 e. The Labute approximate surface area is 139 Å². The molecule has 0 aliphatic rings. The Hall–Kier alpha value is -0.0425. The summed E-state index contributed by atoms with van der Waals surface area (Å²) >= 11 is 0. The molecule has 1 unspecified atom stereocenters. The van der Waals surface area contributed by atoms with Gasteiger partial charge in [0.05, 0.1) is 0 Å². The van der Waals surface area contributed by atoms with Crippen molar-refractivity contribution in [2.45, 2.75) is 65.8 Å². The van der Waals surface area contributed by atoms with Crippen LogP contribution in [0, 0.1) is 0 Å². The van der Waals surface area contributed by atoms with E-state index in [2.05, 4.69) is 26.2 Å². The molecule has 5 nitrogen and oxygen atoms in total. The third-order valence-corrected chi connectivity index (χ3v) is 19.2. The summed E-state index contributed by atoms with van der Waals surface area (Å²) in [5.41, 5.74) is 0.355. The zero-order chi connectivity index (χ0) is 18.0. The molecule has 0 spiro atoms. The van der Waals surface area contributed by atoms with E-state index in [1.54, 1.807) is 6.92 Å². The Morgan fingerprint density at radius 2 is 1.27 bits per heavy atom. The number of rotatable bonds is 8. The second-order valence-electron chi connectivity index (χ2n) is 8.12. The molecular formula is C13H32O5Si4. The van der Waals surface area contributed by atoms with Gasteiger partial charge in [-0.25, -0.2) is 9.37 Å². The first-order valence-electron chi connectivity index (χ1n) is 7.45. The predicted molar refractivity (Wildman–Crippen MR) is 100.0 cm³/mol. The van der Waals surface area contributed by atoms with Crippen LogP contribution in [-0.4, -0.2) is 38.5 Å².